The van der Waals surface area contributed by atoms with Crippen molar-refractivity contribution in [3.8, 4) is 0 Å². The van der Waals surface area contributed by atoms with Crippen LogP contribution in [-0.2, 0) is 10.2 Å². The summed E-state index contributed by atoms with van der Waals surface area (Å²) in [4.78, 5) is 23.7. The fourth-order valence-corrected chi connectivity index (χ4v) is 3.43. The Kier molecular flexibility index (Phi) is 6.42. The SMILES string of the molecule is CC[C@@H](NC(=O)O)c1ccc(Cl)c(C(=O)c2cnn(S(=O)(=O)N(C)C)c2)c1F. The molecular weight excluding hydrogens is 415 g/mol. The highest BCUT2D eigenvalue weighted by molar-refractivity contribution is 7.87. The van der Waals surface area contributed by atoms with Gasteiger partial charge in [-0.1, -0.05) is 24.6 Å². The number of benzene rings is 1. The molecule has 28 heavy (non-hydrogen) atoms. The van der Waals surface area contributed by atoms with Crippen LogP contribution in [0.15, 0.2) is 24.5 Å². The largest absolute Gasteiger partial charge is 0.465 e. The zero-order chi connectivity index (χ0) is 21.2. The Morgan fingerprint density at radius 3 is 2.57 bits per heavy atom. The molecule has 0 unspecified atom stereocenters. The van der Waals surface area contributed by atoms with E-state index in [-0.39, 0.29) is 22.6 Å². The van der Waals surface area contributed by atoms with Crippen molar-refractivity contribution in [2.45, 2.75) is 19.4 Å². The topological polar surface area (TPSA) is 122 Å². The zero-order valence-corrected chi connectivity index (χ0v) is 16.8. The molecule has 0 saturated heterocycles. The number of aromatic nitrogens is 2. The smallest absolute Gasteiger partial charge is 0.405 e. The van der Waals surface area contributed by atoms with Gasteiger partial charge in [0.05, 0.1) is 34.6 Å². The summed E-state index contributed by atoms with van der Waals surface area (Å²) in [6, 6.07) is 1.68. The maximum atomic E-state index is 15.0. The Morgan fingerprint density at radius 2 is 2.04 bits per heavy atom. The molecule has 2 aromatic rings. The second-order valence-electron chi connectivity index (χ2n) is 5.96. The van der Waals surface area contributed by atoms with Gasteiger partial charge in [-0.2, -0.15) is 21.9 Å². The van der Waals surface area contributed by atoms with Gasteiger partial charge in [0.2, 0.25) is 5.78 Å². The summed E-state index contributed by atoms with van der Waals surface area (Å²) in [7, 11) is -1.37. The van der Waals surface area contributed by atoms with E-state index >= 15 is 4.39 Å². The van der Waals surface area contributed by atoms with Crippen LogP contribution in [0.3, 0.4) is 0 Å². The third-order valence-electron chi connectivity index (χ3n) is 3.95. The lowest BCUT2D eigenvalue weighted by molar-refractivity contribution is 0.103. The Balaban J connectivity index is 2.51. The number of rotatable bonds is 7. The van der Waals surface area contributed by atoms with Crippen molar-refractivity contribution >= 4 is 33.7 Å². The molecule has 152 valence electrons. The average molecular weight is 433 g/mol. The molecule has 0 aliphatic heterocycles. The lowest BCUT2D eigenvalue weighted by atomic mass is 9.97. The molecule has 0 bridgehead atoms. The Labute approximate surface area is 165 Å². The molecule has 1 amide bonds. The first-order valence-corrected chi connectivity index (χ1v) is 9.77. The Morgan fingerprint density at radius 1 is 1.39 bits per heavy atom. The maximum Gasteiger partial charge on any atom is 0.405 e. The molecule has 0 fully saturated rings. The van der Waals surface area contributed by atoms with Crippen LogP contribution in [0.4, 0.5) is 9.18 Å². The van der Waals surface area contributed by atoms with E-state index < -0.39 is 39.5 Å². The van der Waals surface area contributed by atoms with Crippen molar-refractivity contribution in [2.24, 2.45) is 0 Å². The summed E-state index contributed by atoms with van der Waals surface area (Å²) in [5.41, 5.74) is -0.736. The molecule has 12 heteroatoms. The molecule has 2 rings (SSSR count). The summed E-state index contributed by atoms with van der Waals surface area (Å²) >= 11 is 6.00. The van der Waals surface area contributed by atoms with Gasteiger partial charge in [-0.15, -0.1) is 0 Å². The molecule has 9 nitrogen and oxygen atoms in total. The van der Waals surface area contributed by atoms with E-state index in [0.29, 0.717) is 4.09 Å². The number of carbonyl (C=O) groups is 2. The summed E-state index contributed by atoms with van der Waals surface area (Å²) in [6.07, 6.45) is 0.826. The second-order valence-corrected chi connectivity index (χ2v) is 8.36. The van der Waals surface area contributed by atoms with Crippen molar-refractivity contribution in [3.63, 3.8) is 0 Å². The second kappa shape index (κ2) is 8.25. The highest BCUT2D eigenvalue weighted by Crippen LogP contribution is 2.29. The van der Waals surface area contributed by atoms with Crippen LogP contribution in [0.5, 0.6) is 0 Å². The van der Waals surface area contributed by atoms with Gasteiger partial charge in [0, 0.05) is 19.7 Å². The number of carboxylic acid groups (broad SMARTS) is 1. The number of nitrogens with one attached hydrogen (secondary N) is 1. The number of nitrogens with zero attached hydrogens (tertiary/aromatic N) is 3. The van der Waals surface area contributed by atoms with Crippen LogP contribution >= 0.6 is 11.6 Å². The quantitative estimate of drug-likeness (QED) is 0.647. The van der Waals surface area contributed by atoms with E-state index in [0.717, 1.165) is 16.7 Å². The molecule has 0 spiro atoms. The molecule has 1 atom stereocenters. The third-order valence-corrected chi connectivity index (χ3v) is 5.86. The normalized spacial score (nSPS) is 12.8. The lowest BCUT2D eigenvalue weighted by Crippen LogP contribution is -2.29. The Bertz CT molecular complexity index is 1020. The van der Waals surface area contributed by atoms with Gasteiger partial charge in [-0.05, 0) is 12.5 Å². The van der Waals surface area contributed by atoms with Gasteiger partial charge in [0.1, 0.15) is 5.82 Å². The number of hydrogen-bond acceptors (Lipinski definition) is 5. The number of carbonyl (C=O) groups excluding carboxylic acids is 1. The first-order chi connectivity index (χ1) is 13.0. The minimum Gasteiger partial charge on any atom is -0.465 e. The van der Waals surface area contributed by atoms with Gasteiger partial charge in [0.25, 0.3) is 0 Å². The summed E-state index contributed by atoms with van der Waals surface area (Å²) in [5.74, 6) is -1.86. The molecule has 0 aliphatic rings. The highest BCUT2D eigenvalue weighted by Gasteiger charge is 2.27. The molecule has 1 aromatic heterocycles. The van der Waals surface area contributed by atoms with Gasteiger partial charge in [0.15, 0.2) is 0 Å². The monoisotopic (exact) mass is 432 g/mol. The fraction of sp³-hybridized carbons (Fsp3) is 0.312. The summed E-state index contributed by atoms with van der Waals surface area (Å²) < 4.78 is 40.7. The number of hydrogen-bond donors (Lipinski definition) is 2. The zero-order valence-electron chi connectivity index (χ0n) is 15.2. The molecule has 0 aliphatic carbocycles. The maximum absolute atomic E-state index is 15.0. The van der Waals surface area contributed by atoms with Gasteiger partial charge >= 0.3 is 16.3 Å². The molecule has 0 saturated carbocycles. The van der Waals surface area contributed by atoms with Crippen LogP contribution < -0.4 is 5.32 Å². The van der Waals surface area contributed by atoms with Crippen molar-refractivity contribution in [1.29, 1.82) is 0 Å². The van der Waals surface area contributed by atoms with E-state index in [1.807, 2.05) is 0 Å². The van der Waals surface area contributed by atoms with E-state index in [1.165, 1.54) is 26.2 Å². The van der Waals surface area contributed by atoms with Crippen molar-refractivity contribution in [3.05, 3.63) is 52.1 Å². The highest BCUT2D eigenvalue weighted by atomic mass is 35.5. The molecule has 2 N–H and O–H groups in total. The molecular formula is C16H18ClFN4O5S. The minimum absolute atomic E-state index is 0.0500. The van der Waals surface area contributed by atoms with E-state index in [1.54, 1.807) is 6.92 Å². The van der Waals surface area contributed by atoms with Crippen molar-refractivity contribution < 1.29 is 27.5 Å². The number of amides is 1. The molecule has 1 heterocycles. The fourth-order valence-electron chi connectivity index (χ4n) is 2.45. The third kappa shape index (κ3) is 4.16. The minimum atomic E-state index is -3.95. The van der Waals surface area contributed by atoms with Crippen molar-refractivity contribution in [2.75, 3.05) is 14.1 Å². The standard InChI is InChI=1S/C16H18ClFN4O5S/c1-4-12(20-16(24)25)10-5-6-11(17)13(14(10)18)15(23)9-7-19-22(8-9)28(26,27)21(2)3/h5-8,12,20H,4H2,1-3H3,(H,24,25)/t12-/m1/s1. The lowest BCUT2D eigenvalue weighted by Gasteiger charge is -2.18. The first kappa shape index (κ1) is 21.8. The average Bonchev–Trinajstić information content (AvgIpc) is 3.10. The summed E-state index contributed by atoms with van der Waals surface area (Å²) in [6.45, 7) is 1.65. The van der Waals surface area contributed by atoms with E-state index in [9.17, 15) is 18.0 Å². The first-order valence-electron chi connectivity index (χ1n) is 8.00. The number of halogens is 2. The van der Waals surface area contributed by atoms with Gasteiger partial charge in [-0.3, -0.25) is 4.79 Å². The van der Waals surface area contributed by atoms with Crippen molar-refractivity contribution in [1.82, 2.24) is 18.8 Å². The predicted octanol–water partition coefficient (Wildman–Crippen LogP) is 2.28. The van der Waals surface area contributed by atoms with E-state index in [2.05, 4.69) is 10.4 Å². The van der Waals surface area contributed by atoms with E-state index in [4.69, 9.17) is 16.7 Å². The van der Waals surface area contributed by atoms with Crippen LogP contribution in [0, 0.1) is 5.82 Å². The predicted molar refractivity (Wildman–Crippen MR) is 99.3 cm³/mol. The van der Waals surface area contributed by atoms with Gasteiger partial charge < -0.3 is 10.4 Å². The van der Waals surface area contributed by atoms with Crippen LogP contribution in [-0.4, -0.2) is 53.0 Å². The van der Waals surface area contributed by atoms with Crippen LogP contribution in [0.1, 0.15) is 40.9 Å². The van der Waals surface area contributed by atoms with Gasteiger partial charge in [-0.25, -0.2) is 9.18 Å². The van der Waals surface area contributed by atoms with Crippen LogP contribution in [0.2, 0.25) is 5.02 Å². The number of ketones is 1. The molecule has 1 aromatic carbocycles. The summed E-state index contributed by atoms with van der Waals surface area (Å²) in [5, 5.41) is 14.5. The molecule has 0 radical (unpaired) electrons. The van der Waals surface area contributed by atoms with Crippen LogP contribution in [0.25, 0.3) is 0 Å². The Hall–Kier alpha value is -2.50.